The summed E-state index contributed by atoms with van der Waals surface area (Å²) in [5.41, 5.74) is 8.30. The number of carbonyl (C=O) groups excluding carboxylic acids is 1. The van der Waals surface area contributed by atoms with Crippen molar-refractivity contribution in [1.29, 1.82) is 0 Å². The van der Waals surface area contributed by atoms with Crippen molar-refractivity contribution in [2.24, 2.45) is 5.73 Å². The van der Waals surface area contributed by atoms with Crippen LogP contribution < -0.4 is 11.1 Å². The summed E-state index contributed by atoms with van der Waals surface area (Å²) >= 11 is 0. The first-order chi connectivity index (χ1) is 9.08. The van der Waals surface area contributed by atoms with E-state index < -0.39 is 0 Å². The van der Waals surface area contributed by atoms with Crippen LogP contribution in [0.4, 0.5) is 5.69 Å². The van der Waals surface area contributed by atoms with Crippen molar-refractivity contribution in [2.75, 3.05) is 12.4 Å². The quantitative estimate of drug-likeness (QED) is 0.856. The number of nitrogens with two attached hydrogens (primary N) is 1. The summed E-state index contributed by atoms with van der Waals surface area (Å²) in [5, 5.41) is 2.97. The molecule has 1 aliphatic carbocycles. The third-order valence-corrected chi connectivity index (χ3v) is 3.99. The van der Waals surface area contributed by atoms with E-state index in [2.05, 4.69) is 5.32 Å². The summed E-state index contributed by atoms with van der Waals surface area (Å²) in [5.74, 6) is 0.0128. The smallest absolute Gasteiger partial charge is 0.227 e. The van der Waals surface area contributed by atoms with Crippen LogP contribution >= 0.6 is 0 Å². The summed E-state index contributed by atoms with van der Waals surface area (Å²) in [6, 6.07) is 5.90. The van der Waals surface area contributed by atoms with E-state index in [1.54, 1.807) is 7.11 Å². The minimum absolute atomic E-state index is 0.0128. The molecule has 0 aliphatic heterocycles. The van der Waals surface area contributed by atoms with E-state index in [1.165, 1.54) is 0 Å². The van der Waals surface area contributed by atoms with Crippen molar-refractivity contribution in [3.8, 4) is 0 Å². The van der Waals surface area contributed by atoms with Gasteiger partial charge in [0.05, 0.1) is 12.0 Å². The second kappa shape index (κ2) is 5.72. The summed E-state index contributed by atoms with van der Waals surface area (Å²) in [6.07, 6.45) is 3.51. The largest absolute Gasteiger partial charge is 0.378 e. The van der Waals surface area contributed by atoms with Crippen LogP contribution in [0.25, 0.3) is 0 Å². The molecule has 1 aromatic rings. The van der Waals surface area contributed by atoms with Crippen LogP contribution in [0.3, 0.4) is 0 Å². The fraction of sp³-hybridized carbons (Fsp3) is 0.533. The number of aryl methyl sites for hydroxylation is 1. The maximum Gasteiger partial charge on any atom is 0.227 e. The van der Waals surface area contributed by atoms with Gasteiger partial charge in [-0.25, -0.2) is 0 Å². The zero-order valence-electron chi connectivity index (χ0n) is 11.7. The number of ether oxygens (including phenoxy) is 1. The van der Waals surface area contributed by atoms with Crippen molar-refractivity contribution >= 4 is 11.6 Å². The number of benzene rings is 1. The fourth-order valence-electron chi connectivity index (χ4n) is 2.44. The third kappa shape index (κ3) is 3.14. The minimum atomic E-state index is -0.233. The molecular weight excluding hydrogens is 240 g/mol. The summed E-state index contributed by atoms with van der Waals surface area (Å²) in [7, 11) is 1.69. The lowest BCUT2D eigenvalue weighted by Gasteiger charge is -2.39. The molecule has 1 aliphatic rings. The first kappa shape index (κ1) is 14.0. The van der Waals surface area contributed by atoms with Crippen molar-refractivity contribution in [2.45, 2.75) is 44.8 Å². The molecule has 4 nitrogen and oxygen atoms in total. The summed E-state index contributed by atoms with van der Waals surface area (Å²) in [4.78, 5) is 12.1. The third-order valence-electron chi connectivity index (χ3n) is 3.99. The Labute approximate surface area is 114 Å². The molecule has 0 unspecified atom stereocenters. The number of carbonyl (C=O) groups is 1. The Morgan fingerprint density at radius 3 is 2.74 bits per heavy atom. The Hall–Kier alpha value is -1.39. The van der Waals surface area contributed by atoms with Gasteiger partial charge in [-0.2, -0.15) is 0 Å². The molecule has 0 aromatic heterocycles. The second-order valence-corrected chi connectivity index (χ2v) is 5.32. The van der Waals surface area contributed by atoms with Crippen LogP contribution in [-0.4, -0.2) is 18.6 Å². The van der Waals surface area contributed by atoms with Gasteiger partial charge in [0.15, 0.2) is 0 Å². The highest BCUT2D eigenvalue weighted by Crippen LogP contribution is 2.38. The highest BCUT2D eigenvalue weighted by Gasteiger charge is 2.39. The van der Waals surface area contributed by atoms with Gasteiger partial charge in [-0.05, 0) is 43.4 Å². The number of hydrogen-bond donors (Lipinski definition) is 2. The van der Waals surface area contributed by atoms with Gasteiger partial charge < -0.3 is 15.8 Å². The SMILES string of the molecule is COC1(CC(=O)Nc2cc(CN)ccc2C)CCC1. The maximum atomic E-state index is 12.1. The maximum absolute atomic E-state index is 12.1. The Morgan fingerprint density at radius 2 is 2.21 bits per heavy atom. The molecule has 4 heteroatoms. The van der Waals surface area contributed by atoms with Crippen LogP contribution in [0.15, 0.2) is 18.2 Å². The Balaban J connectivity index is 2.02. The number of nitrogens with one attached hydrogen (secondary N) is 1. The fourth-order valence-corrected chi connectivity index (χ4v) is 2.44. The Morgan fingerprint density at radius 1 is 1.47 bits per heavy atom. The normalized spacial score (nSPS) is 16.8. The molecule has 0 spiro atoms. The van der Waals surface area contributed by atoms with Gasteiger partial charge in [0.25, 0.3) is 0 Å². The van der Waals surface area contributed by atoms with Crippen LogP contribution in [0.2, 0.25) is 0 Å². The van der Waals surface area contributed by atoms with E-state index in [-0.39, 0.29) is 11.5 Å². The van der Waals surface area contributed by atoms with E-state index >= 15 is 0 Å². The first-order valence-electron chi connectivity index (χ1n) is 6.73. The van der Waals surface area contributed by atoms with Gasteiger partial charge in [-0.3, -0.25) is 4.79 Å². The van der Waals surface area contributed by atoms with Gasteiger partial charge in [0.2, 0.25) is 5.91 Å². The molecule has 1 aromatic carbocycles. The lowest BCUT2D eigenvalue weighted by molar-refractivity contribution is -0.129. The van der Waals surface area contributed by atoms with E-state index in [0.29, 0.717) is 13.0 Å². The van der Waals surface area contributed by atoms with E-state index in [1.807, 2.05) is 25.1 Å². The van der Waals surface area contributed by atoms with Crippen molar-refractivity contribution < 1.29 is 9.53 Å². The molecule has 2 rings (SSSR count). The number of anilines is 1. The first-order valence-corrected chi connectivity index (χ1v) is 6.73. The molecule has 1 amide bonds. The predicted molar refractivity (Wildman–Crippen MR) is 75.9 cm³/mol. The number of rotatable bonds is 5. The van der Waals surface area contributed by atoms with Gasteiger partial charge in [-0.1, -0.05) is 12.1 Å². The molecule has 3 N–H and O–H groups in total. The second-order valence-electron chi connectivity index (χ2n) is 5.32. The topological polar surface area (TPSA) is 64.3 Å². The molecular formula is C15H22N2O2. The van der Waals surface area contributed by atoms with E-state index in [0.717, 1.165) is 36.1 Å². The average molecular weight is 262 g/mol. The lowest BCUT2D eigenvalue weighted by Crippen LogP contribution is -2.42. The van der Waals surface area contributed by atoms with Gasteiger partial charge in [0.1, 0.15) is 0 Å². The zero-order chi connectivity index (χ0) is 13.9. The zero-order valence-corrected chi connectivity index (χ0v) is 11.7. The van der Waals surface area contributed by atoms with Gasteiger partial charge in [0, 0.05) is 19.3 Å². The lowest BCUT2D eigenvalue weighted by atomic mass is 9.77. The molecule has 0 atom stereocenters. The van der Waals surface area contributed by atoms with Crippen LogP contribution in [-0.2, 0) is 16.1 Å². The van der Waals surface area contributed by atoms with Gasteiger partial charge in [-0.15, -0.1) is 0 Å². The average Bonchev–Trinajstić information content (AvgIpc) is 2.36. The predicted octanol–water partition coefficient (Wildman–Crippen LogP) is 2.35. The Kier molecular flexibility index (Phi) is 4.22. The van der Waals surface area contributed by atoms with E-state index in [9.17, 15) is 4.79 Å². The van der Waals surface area contributed by atoms with Crippen LogP contribution in [0.5, 0.6) is 0 Å². The van der Waals surface area contributed by atoms with E-state index in [4.69, 9.17) is 10.5 Å². The summed E-state index contributed by atoms with van der Waals surface area (Å²) in [6.45, 7) is 2.45. The molecule has 0 bridgehead atoms. The summed E-state index contributed by atoms with van der Waals surface area (Å²) < 4.78 is 5.48. The number of methoxy groups -OCH3 is 1. The number of amides is 1. The van der Waals surface area contributed by atoms with Crippen LogP contribution in [0.1, 0.15) is 36.8 Å². The highest BCUT2D eigenvalue weighted by molar-refractivity contribution is 5.92. The molecule has 1 saturated carbocycles. The molecule has 0 saturated heterocycles. The molecule has 19 heavy (non-hydrogen) atoms. The standard InChI is InChI=1S/C15H22N2O2/c1-11-4-5-12(10-16)8-13(11)17-14(18)9-15(19-2)6-3-7-15/h4-5,8H,3,6-7,9-10,16H2,1-2H3,(H,17,18). The highest BCUT2D eigenvalue weighted by atomic mass is 16.5. The van der Waals surface area contributed by atoms with Crippen molar-refractivity contribution in [1.82, 2.24) is 0 Å². The minimum Gasteiger partial charge on any atom is -0.378 e. The molecule has 1 fully saturated rings. The van der Waals surface area contributed by atoms with Crippen LogP contribution in [0, 0.1) is 6.92 Å². The molecule has 104 valence electrons. The molecule has 0 heterocycles. The van der Waals surface area contributed by atoms with Crippen molar-refractivity contribution in [3.05, 3.63) is 29.3 Å². The monoisotopic (exact) mass is 262 g/mol. The van der Waals surface area contributed by atoms with Crippen molar-refractivity contribution in [3.63, 3.8) is 0 Å². The molecule has 0 radical (unpaired) electrons. The number of hydrogen-bond acceptors (Lipinski definition) is 3. The Bertz CT molecular complexity index is 462. The van der Waals surface area contributed by atoms with Gasteiger partial charge >= 0.3 is 0 Å².